The van der Waals surface area contributed by atoms with Crippen LogP contribution in [0.2, 0.25) is 0 Å². The summed E-state index contributed by atoms with van der Waals surface area (Å²) in [5.74, 6) is 0.427. The quantitative estimate of drug-likeness (QED) is 0.313. The summed E-state index contributed by atoms with van der Waals surface area (Å²) in [7, 11) is 0. The fourth-order valence-corrected chi connectivity index (χ4v) is 4.49. The lowest BCUT2D eigenvalue weighted by Crippen LogP contribution is -2.05. The number of carbonyl (C=O) groups is 1. The molecule has 0 saturated heterocycles. The maximum atomic E-state index is 12.7. The highest BCUT2D eigenvalue weighted by atomic mass is 32.2. The fraction of sp³-hybridized carbons (Fsp3) is 0.208. The molecule has 29 heavy (non-hydrogen) atoms. The van der Waals surface area contributed by atoms with Crippen LogP contribution >= 0.6 is 11.8 Å². The largest absolute Gasteiger partial charge is 0.293 e. The van der Waals surface area contributed by atoms with E-state index in [0.717, 1.165) is 45.6 Å². The van der Waals surface area contributed by atoms with E-state index in [2.05, 4.69) is 19.1 Å². The van der Waals surface area contributed by atoms with Gasteiger partial charge in [-0.15, -0.1) is 0 Å². The highest BCUT2D eigenvalue weighted by Crippen LogP contribution is 2.30. The Morgan fingerprint density at radius 3 is 2.66 bits per heavy atom. The third-order valence-corrected chi connectivity index (χ3v) is 5.98. The molecule has 0 amide bonds. The topological polar surface area (TPSA) is 58.2 Å². The van der Waals surface area contributed by atoms with E-state index in [1.807, 2.05) is 59.9 Å². The van der Waals surface area contributed by atoms with Gasteiger partial charge < -0.3 is 0 Å². The summed E-state index contributed by atoms with van der Waals surface area (Å²) in [5, 5.41) is 10.7. The van der Waals surface area contributed by atoms with Crippen LogP contribution in [0, 0.1) is 18.3 Å². The number of carbonyl (C=O) groups excluding carboxylic acids is 1. The van der Waals surface area contributed by atoms with Crippen LogP contribution in [0.25, 0.3) is 16.7 Å². The second-order valence-electron chi connectivity index (χ2n) is 7.08. The molecular formula is C24H21N3OS. The fourth-order valence-electron chi connectivity index (χ4n) is 3.50. The number of nitriles is 1. The summed E-state index contributed by atoms with van der Waals surface area (Å²) in [6, 6.07) is 19.9. The Morgan fingerprint density at radius 2 is 1.93 bits per heavy atom. The zero-order chi connectivity index (χ0) is 20.4. The van der Waals surface area contributed by atoms with Gasteiger partial charge in [-0.25, -0.2) is 4.98 Å². The molecule has 0 spiro atoms. The minimum absolute atomic E-state index is 0.0916. The smallest absolute Gasteiger partial charge is 0.173 e. The molecule has 2 aromatic carbocycles. The van der Waals surface area contributed by atoms with Crippen molar-refractivity contribution in [3.8, 4) is 6.07 Å². The molecule has 4 aromatic rings. The summed E-state index contributed by atoms with van der Waals surface area (Å²) >= 11 is 1.50. The highest BCUT2D eigenvalue weighted by molar-refractivity contribution is 8.00. The summed E-state index contributed by atoms with van der Waals surface area (Å²) in [4.78, 5) is 17.4. The maximum absolute atomic E-state index is 12.7. The molecule has 5 heteroatoms. The lowest BCUT2D eigenvalue weighted by molar-refractivity contribution is 0.102. The number of pyridine rings is 1. The van der Waals surface area contributed by atoms with E-state index in [4.69, 9.17) is 4.98 Å². The number of ketones is 1. The first-order valence-electron chi connectivity index (χ1n) is 9.68. The Bertz CT molecular complexity index is 1250. The molecule has 0 atom stereocenters. The summed E-state index contributed by atoms with van der Waals surface area (Å²) in [6.45, 7) is 4.11. The minimum Gasteiger partial charge on any atom is -0.293 e. The van der Waals surface area contributed by atoms with Crippen LogP contribution < -0.4 is 0 Å². The third kappa shape index (κ3) is 3.64. The number of Topliss-reactive ketones (excluding diaryl/α,β-unsaturated/α-hetero) is 1. The van der Waals surface area contributed by atoms with Gasteiger partial charge in [0.2, 0.25) is 0 Å². The van der Waals surface area contributed by atoms with E-state index >= 15 is 0 Å². The number of aromatic nitrogens is 2. The number of hydrogen-bond donors (Lipinski definition) is 0. The highest BCUT2D eigenvalue weighted by Gasteiger charge is 2.18. The molecule has 0 saturated carbocycles. The van der Waals surface area contributed by atoms with Crippen LogP contribution in [0.3, 0.4) is 0 Å². The zero-order valence-corrected chi connectivity index (χ0v) is 17.3. The summed E-state index contributed by atoms with van der Waals surface area (Å²) in [6.07, 6.45) is 1.75. The van der Waals surface area contributed by atoms with Gasteiger partial charge in [0.15, 0.2) is 11.4 Å². The van der Waals surface area contributed by atoms with Crippen molar-refractivity contribution in [2.24, 2.45) is 0 Å². The number of para-hydroxylation sites is 2. The van der Waals surface area contributed by atoms with Crippen molar-refractivity contribution in [3.63, 3.8) is 0 Å². The first-order valence-corrected chi connectivity index (χ1v) is 10.7. The van der Waals surface area contributed by atoms with Crippen molar-refractivity contribution in [2.75, 3.05) is 5.75 Å². The second-order valence-corrected chi connectivity index (χ2v) is 8.08. The van der Waals surface area contributed by atoms with Crippen LogP contribution in [-0.4, -0.2) is 20.9 Å². The second kappa shape index (κ2) is 8.10. The number of imidazole rings is 1. The first-order chi connectivity index (χ1) is 14.1. The molecule has 0 bridgehead atoms. The molecule has 0 N–H and O–H groups in total. The van der Waals surface area contributed by atoms with E-state index in [9.17, 15) is 10.1 Å². The number of hydrogen-bond acceptors (Lipinski definition) is 4. The van der Waals surface area contributed by atoms with Gasteiger partial charge in [0.1, 0.15) is 6.07 Å². The Hall–Kier alpha value is -3.10. The average Bonchev–Trinajstić information content (AvgIpc) is 3.12. The van der Waals surface area contributed by atoms with Crippen molar-refractivity contribution < 1.29 is 4.79 Å². The molecule has 0 fully saturated rings. The lowest BCUT2D eigenvalue weighted by Gasteiger charge is -2.11. The van der Waals surface area contributed by atoms with Crippen LogP contribution in [0.5, 0.6) is 0 Å². The van der Waals surface area contributed by atoms with Gasteiger partial charge in [0, 0.05) is 5.56 Å². The molecule has 4 rings (SSSR count). The van der Waals surface area contributed by atoms with Crippen LogP contribution in [0.1, 0.15) is 40.4 Å². The van der Waals surface area contributed by atoms with Crippen molar-refractivity contribution in [1.29, 1.82) is 5.26 Å². The summed E-state index contributed by atoms with van der Waals surface area (Å²) in [5.41, 5.74) is 5.94. The minimum atomic E-state index is 0.0916. The zero-order valence-electron chi connectivity index (χ0n) is 16.5. The Balaban J connectivity index is 1.79. The average molecular weight is 400 g/mol. The normalized spacial score (nSPS) is 11.1. The van der Waals surface area contributed by atoms with E-state index in [1.54, 1.807) is 0 Å². The van der Waals surface area contributed by atoms with E-state index < -0.39 is 0 Å². The number of fused-ring (bicyclic) bond motifs is 3. The van der Waals surface area contributed by atoms with Crippen molar-refractivity contribution >= 4 is 34.2 Å². The van der Waals surface area contributed by atoms with Crippen molar-refractivity contribution in [1.82, 2.24) is 9.38 Å². The number of nitrogens with zero attached hydrogens (tertiary/aromatic N) is 3. The standard InChI is InChI=1S/C24H21N3OS/c1-3-6-18-13-23(29-15-22(28)17-11-9-16(2)10-12-17)27-21-8-5-4-7-20(21)26-24(27)19(18)14-25/h4-5,7-13H,3,6,15H2,1-2H3. The SMILES string of the molecule is CCCc1cc(SCC(=O)c2ccc(C)cc2)n2c(nc3ccccc32)c1C#N. The third-order valence-electron chi connectivity index (χ3n) is 4.98. The van der Waals surface area contributed by atoms with Crippen LogP contribution in [0.15, 0.2) is 59.6 Å². The predicted octanol–water partition coefficient (Wildman–Crippen LogP) is 5.60. The predicted molar refractivity (Wildman–Crippen MR) is 118 cm³/mol. The van der Waals surface area contributed by atoms with Gasteiger partial charge in [-0.2, -0.15) is 5.26 Å². The molecule has 0 aliphatic rings. The lowest BCUT2D eigenvalue weighted by atomic mass is 10.1. The van der Waals surface area contributed by atoms with Crippen molar-refractivity contribution in [2.45, 2.75) is 31.7 Å². The molecule has 0 unspecified atom stereocenters. The van der Waals surface area contributed by atoms with Gasteiger partial charge in [-0.1, -0.05) is 67.1 Å². The van der Waals surface area contributed by atoms with E-state index in [0.29, 0.717) is 17.0 Å². The Morgan fingerprint density at radius 1 is 1.17 bits per heavy atom. The maximum Gasteiger partial charge on any atom is 0.173 e. The van der Waals surface area contributed by atoms with E-state index in [1.165, 1.54) is 11.8 Å². The molecule has 0 aliphatic heterocycles. The molecule has 144 valence electrons. The summed E-state index contributed by atoms with van der Waals surface area (Å²) < 4.78 is 2.01. The van der Waals surface area contributed by atoms with Gasteiger partial charge in [-0.05, 0) is 37.1 Å². The van der Waals surface area contributed by atoms with E-state index in [-0.39, 0.29) is 5.78 Å². The number of thioether (sulfide) groups is 1. The van der Waals surface area contributed by atoms with Gasteiger partial charge in [0.25, 0.3) is 0 Å². The molecule has 2 aromatic heterocycles. The first kappa shape index (κ1) is 19.2. The molecule has 0 aliphatic carbocycles. The number of rotatable bonds is 6. The van der Waals surface area contributed by atoms with Gasteiger partial charge in [0.05, 0.1) is 27.4 Å². The Kier molecular flexibility index (Phi) is 5.37. The number of benzene rings is 2. The molecular weight excluding hydrogens is 378 g/mol. The van der Waals surface area contributed by atoms with Crippen LogP contribution in [0.4, 0.5) is 0 Å². The number of aryl methyl sites for hydroxylation is 2. The molecule has 2 heterocycles. The van der Waals surface area contributed by atoms with Crippen molar-refractivity contribution in [3.05, 3.63) is 76.9 Å². The Labute approximate surface area is 174 Å². The van der Waals surface area contributed by atoms with Gasteiger partial charge in [-0.3, -0.25) is 9.20 Å². The van der Waals surface area contributed by atoms with Crippen LogP contribution in [-0.2, 0) is 6.42 Å². The van der Waals surface area contributed by atoms with Gasteiger partial charge >= 0.3 is 0 Å². The molecule has 0 radical (unpaired) electrons. The molecule has 4 nitrogen and oxygen atoms in total. The monoisotopic (exact) mass is 399 g/mol.